The molecule has 0 N–H and O–H groups in total. The third-order valence-corrected chi connectivity index (χ3v) is 6.33. The van der Waals surface area contributed by atoms with Crippen LogP contribution in [0.4, 0.5) is 5.13 Å². The number of hydrogen-bond donors (Lipinski definition) is 0. The Morgan fingerprint density at radius 2 is 1.82 bits per heavy atom. The molecule has 0 bridgehead atoms. The van der Waals surface area contributed by atoms with Crippen molar-refractivity contribution in [2.75, 3.05) is 18.0 Å². The molecule has 140 valence electrons. The molecule has 2 aromatic heterocycles. The first-order valence-corrected chi connectivity index (χ1v) is 10.4. The zero-order chi connectivity index (χ0) is 19.1. The van der Waals surface area contributed by atoms with E-state index < -0.39 is 0 Å². The van der Waals surface area contributed by atoms with Crippen molar-refractivity contribution in [3.05, 3.63) is 70.6 Å². The van der Waals surface area contributed by atoms with E-state index in [9.17, 15) is 4.79 Å². The number of aryl methyl sites for hydroxylation is 1. The summed E-state index contributed by atoms with van der Waals surface area (Å²) >= 11 is 1.67. The molecule has 3 heterocycles. The number of fused-ring (bicyclic) bond motifs is 1. The summed E-state index contributed by atoms with van der Waals surface area (Å²) in [4.78, 5) is 20.7. The van der Waals surface area contributed by atoms with Crippen LogP contribution < -0.4 is 10.5 Å². The Kier molecular flexibility index (Phi) is 4.24. The lowest BCUT2D eigenvalue weighted by atomic mass is 10.0. The second-order valence-corrected chi connectivity index (χ2v) is 8.19. The van der Waals surface area contributed by atoms with E-state index in [0.29, 0.717) is 5.58 Å². The van der Waals surface area contributed by atoms with Gasteiger partial charge in [-0.05, 0) is 31.9 Å². The predicted molar refractivity (Wildman–Crippen MR) is 115 cm³/mol. The lowest BCUT2D eigenvalue weighted by Crippen LogP contribution is -2.17. The fourth-order valence-corrected chi connectivity index (χ4v) is 4.96. The maximum absolute atomic E-state index is 12.3. The molecule has 5 heteroatoms. The lowest BCUT2D eigenvalue weighted by Gasteiger charge is -2.12. The number of rotatable bonds is 3. The molecule has 0 amide bonds. The average molecular weight is 388 g/mol. The van der Waals surface area contributed by atoms with Gasteiger partial charge in [0, 0.05) is 35.7 Å². The number of benzene rings is 2. The Morgan fingerprint density at radius 1 is 1.04 bits per heavy atom. The Labute approximate surface area is 167 Å². The van der Waals surface area contributed by atoms with Gasteiger partial charge in [-0.3, -0.25) is 0 Å². The van der Waals surface area contributed by atoms with E-state index in [4.69, 9.17) is 9.40 Å². The molecule has 0 saturated carbocycles. The molecule has 4 nitrogen and oxygen atoms in total. The van der Waals surface area contributed by atoms with Gasteiger partial charge in [0.15, 0.2) is 5.13 Å². The van der Waals surface area contributed by atoms with Crippen molar-refractivity contribution in [2.45, 2.75) is 19.8 Å². The summed E-state index contributed by atoms with van der Waals surface area (Å²) in [6.45, 7) is 4.13. The van der Waals surface area contributed by atoms with Crippen LogP contribution in [0.1, 0.15) is 18.4 Å². The average Bonchev–Trinajstić information content (AvgIpc) is 3.38. The van der Waals surface area contributed by atoms with Gasteiger partial charge in [-0.25, -0.2) is 9.78 Å². The topological polar surface area (TPSA) is 46.3 Å². The zero-order valence-electron chi connectivity index (χ0n) is 15.6. The van der Waals surface area contributed by atoms with E-state index >= 15 is 0 Å². The van der Waals surface area contributed by atoms with Crippen molar-refractivity contribution in [2.24, 2.45) is 0 Å². The molecule has 1 aliphatic heterocycles. The molecule has 0 atom stereocenters. The first kappa shape index (κ1) is 17.2. The van der Waals surface area contributed by atoms with Crippen LogP contribution in [0, 0.1) is 6.92 Å². The highest BCUT2D eigenvalue weighted by atomic mass is 32.1. The Balaban J connectivity index is 1.79. The molecular weight excluding hydrogens is 368 g/mol. The third-order valence-electron chi connectivity index (χ3n) is 5.18. The molecule has 4 aromatic rings. The molecule has 5 rings (SSSR count). The largest absolute Gasteiger partial charge is 0.423 e. The summed E-state index contributed by atoms with van der Waals surface area (Å²) in [5, 5.41) is 1.98. The highest BCUT2D eigenvalue weighted by molar-refractivity contribution is 7.19. The van der Waals surface area contributed by atoms with Gasteiger partial charge in [0.2, 0.25) is 0 Å². The minimum absolute atomic E-state index is 0.332. The smallest absolute Gasteiger partial charge is 0.336 e. The first-order chi connectivity index (χ1) is 13.7. The van der Waals surface area contributed by atoms with Crippen molar-refractivity contribution in [1.29, 1.82) is 0 Å². The SMILES string of the molecule is Cc1ccc2oc(=O)cc(-c3sc(N4CCCC4)nc3-c3ccccc3)c2c1. The third kappa shape index (κ3) is 3.02. The van der Waals surface area contributed by atoms with E-state index in [-0.39, 0.29) is 5.63 Å². The number of anilines is 1. The van der Waals surface area contributed by atoms with Crippen molar-refractivity contribution in [3.63, 3.8) is 0 Å². The molecule has 0 radical (unpaired) electrons. The zero-order valence-corrected chi connectivity index (χ0v) is 16.5. The molecule has 1 aliphatic rings. The van der Waals surface area contributed by atoms with E-state index in [1.54, 1.807) is 17.4 Å². The van der Waals surface area contributed by atoms with Crippen molar-refractivity contribution in [3.8, 4) is 21.7 Å². The summed E-state index contributed by atoms with van der Waals surface area (Å²) in [5.74, 6) is 0. The van der Waals surface area contributed by atoms with Crippen LogP contribution in [0.5, 0.6) is 0 Å². The Bertz CT molecular complexity index is 1200. The second-order valence-electron chi connectivity index (χ2n) is 7.21. The Morgan fingerprint density at radius 3 is 2.61 bits per heavy atom. The normalized spacial score (nSPS) is 14.1. The minimum atomic E-state index is -0.332. The highest BCUT2D eigenvalue weighted by Crippen LogP contribution is 2.43. The molecule has 1 saturated heterocycles. The van der Waals surface area contributed by atoms with Crippen LogP contribution in [0.3, 0.4) is 0 Å². The van der Waals surface area contributed by atoms with Crippen molar-refractivity contribution < 1.29 is 4.42 Å². The predicted octanol–water partition coefficient (Wildman–Crippen LogP) is 5.49. The van der Waals surface area contributed by atoms with E-state index in [2.05, 4.69) is 30.0 Å². The summed E-state index contributed by atoms with van der Waals surface area (Å²) in [6, 6.07) is 17.7. The second kappa shape index (κ2) is 6.91. The molecule has 0 unspecified atom stereocenters. The molecule has 1 fully saturated rings. The standard InChI is InChI=1S/C23H20N2O2S/c1-15-9-10-19-17(13-15)18(14-20(26)27-19)22-21(16-7-3-2-4-8-16)24-23(28-22)25-11-5-6-12-25/h2-4,7-10,13-14H,5-6,11-12H2,1H3. The summed E-state index contributed by atoms with van der Waals surface area (Å²) in [7, 11) is 0. The molecule has 28 heavy (non-hydrogen) atoms. The van der Waals surface area contributed by atoms with Gasteiger partial charge >= 0.3 is 5.63 Å². The highest BCUT2D eigenvalue weighted by Gasteiger charge is 2.22. The first-order valence-electron chi connectivity index (χ1n) is 9.55. The maximum atomic E-state index is 12.3. The molecular formula is C23H20N2O2S. The van der Waals surface area contributed by atoms with E-state index in [1.807, 2.05) is 30.3 Å². The van der Waals surface area contributed by atoms with Gasteiger partial charge in [-0.15, -0.1) is 0 Å². The lowest BCUT2D eigenvalue weighted by molar-refractivity contribution is 0.561. The fourth-order valence-electron chi connectivity index (χ4n) is 3.79. The van der Waals surface area contributed by atoms with Crippen LogP contribution >= 0.6 is 11.3 Å². The van der Waals surface area contributed by atoms with Gasteiger partial charge in [-0.1, -0.05) is 53.3 Å². The quantitative estimate of drug-likeness (QED) is 0.435. The number of aromatic nitrogens is 1. The van der Waals surface area contributed by atoms with Gasteiger partial charge < -0.3 is 9.32 Å². The summed E-state index contributed by atoms with van der Waals surface area (Å²) in [6.07, 6.45) is 2.40. The van der Waals surface area contributed by atoms with Crippen LogP contribution in [0.15, 0.2) is 63.8 Å². The number of hydrogen-bond acceptors (Lipinski definition) is 5. The molecule has 2 aromatic carbocycles. The van der Waals surface area contributed by atoms with Gasteiger partial charge in [0.1, 0.15) is 5.58 Å². The van der Waals surface area contributed by atoms with Gasteiger partial charge in [0.05, 0.1) is 10.6 Å². The van der Waals surface area contributed by atoms with E-state index in [1.165, 1.54) is 12.8 Å². The van der Waals surface area contributed by atoms with Crippen molar-refractivity contribution in [1.82, 2.24) is 4.98 Å². The van der Waals surface area contributed by atoms with Gasteiger partial charge in [-0.2, -0.15) is 0 Å². The maximum Gasteiger partial charge on any atom is 0.336 e. The molecule has 0 aliphatic carbocycles. The summed E-state index contributed by atoms with van der Waals surface area (Å²) < 4.78 is 5.45. The number of nitrogens with zero attached hydrogens (tertiary/aromatic N) is 2. The summed E-state index contributed by atoms with van der Waals surface area (Å²) in [5.41, 5.74) is 4.31. The van der Waals surface area contributed by atoms with Crippen LogP contribution in [0.2, 0.25) is 0 Å². The Hall–Kier alpha value is -2.92. The monoisotopic (exact) mass is 388 g/mol. The number of thiazole rings is 1. The molecule has 0 spiro atoms. The fraction of sp³-hybridized carbons (Fsp3) is 0.217. The van der Waals surface area contributed by atoms with Crippen LogP contribution in [-0.2, 0) is 0 Å². The van der Waals surface area contributed by atoms with Gasteiger partial charge in [0.25, 0.3) is 0 Å². The van der Waals surface area contributed by atoms with Crippen LogP contribution in [-0.4, -0.2) is 18.1 Å². The van der Waals surface area contributed by atoms with Crippen LogP contribution in [0.25, 0.3) is 32.7 Å². The van der Waals surface area contributed by atoms with E-state index in [0.717, 1.165) is 50.9 Å². The minimum Gasteiger partial charge on any atom is -0.423 e. The van der Waals surface area contributed by atoms with Crippen molar-refractivity contribution >= 4 is 27.4 Å².